The summed E-state index contributed by atoms with van der Waals surface area (Å²) in [5.74, 6) is 0.177. The lowest BCUT2D eigenvalue weighted by molar-refractivity contribution is -0.129. The van der Waals surface area contributed by atoms with Gasteiger partial charge in [0.25, 0.3) is 0 Å². The van der Waals surface area contributed by atoms with Crippen molar-refractivity contribution in [2.24, 2.45) is 0 Å². The molecule has 1 rings (SSSR count). The van der Waals surface area contributed by atoms with Crippen LogP contribution >= 0.6 is 0 Å². The van der Waals surface area contributed by atoms with E-state index in [1.807, 2.05) is 0 Å². The molecule has 13 heavy (non-hydrogen) atoms. The van der Waals surface area contributed by atoms with Gasteiger partial charge in [-0.15, -0.1) is 0 Å². The number of nitrogens with one attached hydrogen (secondary N) is 1. The zero-order chi connectivity index (χ0) is 9.68. The van der Waals surface area contributed by atoms with Crippen molar-refractivity contribution >= 4 is 5.91 Å². The summed E-state index contributed by atoms with van der Waals surface area (Å²) in [7, 11) is 3.58. The minimum Gasteiger partial charge on any atom is -0.349 e. The van der Waals surface area contributed by atoms with E-state index < -0.39 is 0 Å². The van der Waals surface area contributed by atoms with Crippen molar-refractivity contribution in [1.82, 2.24) is 15.5 Å². The van der Waals surface area contributed by atoms with Crippen molar-refractivity contribution in [2.75, 3.05) is 33.7 Å². The maximum atomic E-state index is 11.4. The van der Waals surface area contributed by atoms with E-state index in [1.165, 1.54) is 0 Å². The summed E-state index contributed by atoms with van der Waals surface area (Å²) in [6, 6.07) is 0.227. The number of carbonyl (C=O) groups is 1. The lowest BCUT2D eigenvalue weighted by Crippen LogP contribution is -2.31. The molecule has 1 heterocycles. The van der Waals surface area contributed by atoms with Crippen LogP contribution in [0.3, 0.4) is 0 Å². The van der Waals surface area contributed by atoms with Gasteiger partial charge in [-0.3, -0.25) is 4.79 Å². The number of hydrogen-bond acceptors (Lipinski definition) is 2. The van der Waals surface area contributed by atoms with Crippen LogP contribution in [0.25, 0.3) is 0 Å². The Kier molecular flexibility index (Phi) is 4.18. The molecule has 1 fully saturated rings. The molecule has 75 valence electrons. The molecular weight excluding hydrogens is 166 g/mol. The standard InChI is InChI=1S/C9H18N3O/c1-12(2)9(13)7-8-3-4-10-5-6-11-8/h8,10H,3-7H2,1-2H3. The average molecular weight is 184 g/mol. The first-order valence-electron chi connectivity index (χ1n) is 4.77. The number of nitrogens with zero attached hydrogens (tertiary/aromatic N) is 2. The van der Waals surface area contributed by atoms with Gasteiger partial charge in [0.05, 0.1) is 0 Å². The van der Waals surface area contributed by atoms with E-state index >= 15 is 0 Å². The molecule has 1 aliphatic rings. The summed E-state index contributed by atoms with van der Waals surface area (Å²) in [4.78, 5) is 13.0. The third-order valence-corrected chi connectivity index (χ3v) is 2.24. The van der Waals surface area contributed by atoms with E-state index in [9.17, 15) is 4.79 Å². The summed E-state index contributed by atoms with van der Waals surface area (Å²) >= 11 is 0. The second-order valence-corrected chi connectivity index (χ2v) is 3.59. The van der Waals surface area contributed by atoms with E-state index in [-0.39, 0.29) is 11.9 Å². The van der Waals surface area contributed by atoms with Gasteiger partial charge in [0.1, 0.15) is 0 Å². The first-order valence-corrected chi connectivity index (χ1v) is 4.77. The van der Waals surface area contributed by atoms with Gasteiger partial charge in [-0.25, -0.2) is 5.32 Å². The molecule has 1 unspecified atom stereocenters. The van der Waals surface area contributed by atoms with Gasteiger partial charge >= 0.3 is 0 Å². The maximum absolute atomic E-state index is 11.4. The predicted octanol–water partition coefficient (Wildman–Crippen LogP) is -0.569. The fraction of sp³-hybridized carbons (Fsp3) is 0.889. The second kappa shape index (κ2) is 5.19. The Hall–Kier alpha value is -0.610. The van der Waals surface area contributed by atoms with Gasteiger partial charge in [-0.05, 0) is 13.0 Å². The van der Waals surface area contributed by atoms with Crippen LogP contribution in [0.2, 0.25) is 0 Å². The smallest absolute Gasteiger partial charge is 0.223 e. The van der Waals surface area contributed by atoms with Crippen LogP contribution in [-0.4, -0.2) is 50.6 Å². The first kappa shape index (κ1) is 10.5. The average Bonchev–Trinajstić information content (AvgIpc) is 2.32. The van der Waals surface area contributed by atoms with Crippen LogP contribution in [0.15, 0.2) is 0 Å². The Labute approximate surface area is 79.7 Å². The van der Waals surface area contributed by atoms with Crippen molar-refractivity contribution in [3.63, 3.8) is 0 Å². The van der Waals surface area contributed by atoms with Crippen LogP contribution in [0, 0.1) is 0 Å². The molecule has 0 aromatic rings. The fourth-order valence-electron chi connectivity index (χ4n) is 1.36. The summed E-state index contributed by atoms with van der Waals surface area (Å²) in [5.41, 5.74) is 0. The molecule has 4 nitrogen and oxygen atoms in total. The molecule has 0 bridgehead atoms. The summed E-state index contributed by atoms with van der Waals surface area (Å²) < 4.78 is 0. The van der Waals surface area contributed by atoms with Crippen molar-refractivity contribution in [3.8, 4) is 0 Å². The van der Waals surface area contributed by atoms with Crippen molar-refractivity contribution < 1.29 is 4.79 Å². The van der Waals surface area contributed by atoms with E-state index in [4.69, 9.17) is 0 Å². The Morgan fingerprint density at radius 3 is 3.00 bits per heavy atom. The zero-order valence-corrected chi connectivity index (χ0v) is 8.42. The molecule has 1 atom stereocenters. The molecule has 1 amide bonds. The van der Waals surface area contributed by atoms with Gasteiger partial charge in [0, 0.05) is 39.6 Å². The lowest BCUT2D eigenvalue weighted by Gasteiger charge is -2.16. The zero-order valence-electron chi connectivity index (χ0n) is 8.42. The van der Waals surface area contributed by atoms with Crippen molar-refractivity contribution in [1.29, 1.82) is 0 Å². The van der Waals surface area contributed by atoms with Gasteiger partial charge in [-0.2, -0.15) is 0 Å². The summed E-state index contributed by atoms with van der Waals surface area (Å²) in [6.07, 6.45) is 1.55. The van der Waals surface area contributed by atoms with Gasteiger partial charge in [0.15, 0.2) is 0 Å². The molecule has 1 N–H and O–H groups in total. The highest BCUT2D eigenvalue weighted by Gasteiger charge is 2.16. The van der Waals surface area contributed by atoms with Crippen LogP contribution in [0.1, 0.15) is 12.8 Å². The molecule has 0 aliphatic carbocycles. The minimum atomic E-state index is 0.177. The molecule has 0 saturated carbocycles. The molecule has 1 aliphatic heterocycles. The topological polar surface area (TPSA) is 46.4 Å². The third kappa shape index (κ3) is 3.74. The summed E-state index contributed by atoms with van der Waals surface area (Å²) in [6.45, 7) is 2.77. The normalized spacial score (nSPS) is 23.7. The molecule has 0 spiro atoms. The molecule has 1 saturated heterocycles. The largest absolute Gasteiger partial charge is 0.349 e. The van der Waals surface area contributed by atoms with Gasteiger partial charge in [-0.1, -0.05) is 0 Å². The van der Waals surface area contributed by atoms with Crippen LogP contribution in [-0.2, 0) is 4.79 Å². The van der Waals surface area contributed by atoms with Crippen LogP contribution < -0.4 is 10.6 Å². The third-order valence-electron chi connectivity index (χ3n) is 2.24. The minimum absolute atomic E-state index is 0.177. The Morgan fingerprint density at radius 1 is 1.54 bits per heavy atom. The van der Waals surface area contributed by atoms with E-state index in [2.05, 4.69) is 10.6 Å². The highest BCUT2D eigenvalue weighted by atomic mass is 16.2. The van der Waals surface area contributed by atoms with Gasteiger partial charge < -0.3 is 10.2 Å². The fourth-order valence-corrected chi connectivity index (χ4v) is 1.36. The van der Waals surface area contributed by atoms with E-state index in [1.54, 1.807) is 19.0 Å². The SMILES string of the molecule is CN(C)C(=O)CC1CCNCC[N]1. The summed E-state index contributed by atoms with van der Waals surface area (Å²) in [5, 5.41) is 7.70. The number of rotatable bonds is 2. The predicted molar refractivity (Wildman–Crippen MR) is 51.6 cm³/mol. The lowest BCUT2D eigenvalue weighted by atomic mass is 10.1. The number of hydrogen-bond donors (Lipinski definition) is 1. The molecule has 0 aromatic carbocycles. The highest BCUT2D eigenvalue weighted by molar-refractivity contribution is 5.76. The Bertz CT molecular complexity index is 162. The number of amides is 1. The highest BCUT2D eigenvalue weighted by Crippen LogP contribution is 2.03. The Morgan fingerprint density at radius 2 is 2.31 bits per heavy atom. The number of carbonyl (C=O) groups excluding carboxylic acids is 1. The quantitative estimate of drug-likeness (QED) is 0.625. The van der Waals surface area contributed by atoms with E-state index in [0.717, 1.165) is 26.1 Å². The van der Waals surface area contributed by atoms with Crippen LogP contribution in [0.4, 0.5) is 0 Å². The Balaban J connectivity index is 2.29. The molecule has 1 radical (unpaired) electrons. The molecule has 0 aromatic heterocycles. The van der Waals surface area contributed by atoms with Crippen molar-refractivity contribution in [2.45, 2.75) is 18.9 Å². The van der Waals surface area contributed by atoms with E-state index in [0.29, 0.717) is 6.42 Å². The molecular formula is C9H18N3O. The monoisotopic (exact) mass is 184 g/mol. The molecule has 4 heteroatoms. The van der Waals surface area contributed by atoms with Crippen molar-refractivity contribution in [3.05, 3.63) is 0 Å². The van der Waals surface area contributed by atoms with Gasteiger partial charge in [0.2, 0.25) is 5.91 Å². The second-order valence-electron chi connectivity index (χ2n) is 3.59. The van der Waals surface area contributed by atoms with Crippen LogP contribution in [0.5, 0.6) is 0 Å². The first-order chi connectivity index (χ1) is 6.20. The maximum Gasteiger partial charge on any atom is 0.223 e.